The van der Waals surface area contributed by atoms with Gasteiger partial charge in [-0.15, -0.1) is 0 Å². The molecule has 3 aromatic carbocycles. The molecular weight excluding hydrogens is 623 g/mol. The van der Waals surface area contributed by atoms with Crippen LogP contribution in [0.2, 0.25) is 0 Å². The summed E-state index contributed by atoms with van der Waals surface area (Å²) in [4.78, 5) is 29.6. The van der Waals surface area contributed by atoms with Crippen LogP contribution >= 0.6 is 15.9 Å². The van der Waals surface area contributed by atoms with Gasteiger partial charge in [-0.05, 0) is 48.2 Å². The normalized spacial score (nSPS) is 14.5. The second-order valence-corrected chi connectivity index (χ2v) is 13.6. The van der Waals surface area contributed by atoms with Gasteiger partial charge in [-0.2, -0.15) is 12.7 Å². The number of halogens is 2. The van der Waals surface area contributed by atoms with Crippen molar-refractivity contribution in [1.82, 2.24) is 14.5 Å². The fourth-order valence-electron chi connectivity index (χ4n) is 5.11. The van der Waals surface area contributed by atoms with E-state index in [-0.39, 0.29) is 30.6 Å². The zero-order chi connectivity index (χ0) is 30.3. The van der Waals surface area contributed by atoms with Crippen LogP contribution in [0.4, 0.5) is 10.1 Å². The minimum Gasteiger partial charge on any atom is -0.352 e. The summed E-state index contributed by atoms with van der Waals surface area (Å²) in [5.74, 6) is -1.72. The second kappa shape index (κ2) is 14.3. The van der Waals surface area contributed by atoms with E-state index < -0.39 is 34.5 Å². The van der Waals surface area contributed by atoms with E-state index in [2.05, 4.69) is 21.2 Å². The van der Waals surface area contributed by atoms with Crippen molar-refractivity contribution >= 4 is 43.6 Å². The van der Waals surface area contributed by atoms with Crippen molar-refractivity contribution in [3.8, 4) is 0 Å². The number of para-hydroxylation sites is 1. The summed E-state index contributed by atoms with van der Waals surface area (Å²) in [6.45, 7) is -0.654. The zero-order valence-electron chi connectivity index (χ0n) is 23.7. The van der Waals surface area contributed by atoms with Crippen molar-refractivity contribution in [3.63, 3.8) is 0 Å². The van der Waals surface area contributed by atoms with Crippen LogP contribution in [0.25, 0.3) is 0 Å². The van der Waals surface area contributed by atoms with Gasteiger partial charge in [-0.3, -0.25) is 9.59 Å². The third-order valence-electron chi connectivity index (χ3n) is 7.35. The predicted molar refractivity (Wildman–Crippen MR) is 165 cm³/mol. The molecule has 1 aliphatic carbocycles. The van der Waals surface area contributed by atoms with Crippen molar-refractivity contribution in [3.05, 3.63) is 100 Å². The molecule has 0 spiro atoms. The maximum atomic E-state index is 15.0. The smallest absolute Gasteiger partial charge is 0.304 e. The van der Waals surface area contributed by atoms with Gasteiger partial charge in [-0.1, -0.05) is 83.4 Å². The topological polar surface area (TPSA) is 90.0 Å². The first kappa shape index (κ1) is 31.7. The summed E-state index contributed by atoms with van der Waals surface area (Å²) in [5, 5.41) is 3.13. The Labute approximate surface area is 255 Å². The highest BCUT2D eigenvalue weighted by Crippen LogP contribution is 2.25. The number of carbonyl (C=O) groups excluding carboxylic acids is 2. The van der Waals surface area contributed by atoms with Gasteiger partial charge in [0.15, 0.2) is 0 Å². The van der Waals surface area contributed by atoms with Crippen molar-refractivity contribution in [2.24, 2.45) is 0 Å². The molecule has 0 unspecified atom stereocenters. The SMILES string of the molecule is CN(C)S(=O)(=O)N(CC(=O)N(Cc1cccc(Br)c1)[C@@H](Cc1ccccc1)C(=O)NC1CCCC1)c1ccccc1F. The number of nitrogens with zero attached hydrogens (tertiary/aromatic N) is 3. The number of hydrogen-bond acceptors (Lipinski definition) is 4. The van der Waals surface area contributed by atoms with Crippen molar-refractivity contribution in [1.29, 1.82) is 0 Å². The third kappa shape index (κ3) is 7.96. The van der Waals surface area contributed by atoms with E-state index in [1.165, 1.54) is 37.2 Å². The molecule has 0 aromatic heterocycles. The highest BCUT2D eigenvalue weighted by molar-refractivity contribution is 9.10. The quantitative estimate of drug-likeness (QED) is 0.300. The van der Waals surface area contributed by atoms with Gasteiger partial charge >= 0.3 is 10.2 Å². The molecule has 2 amide bonds. The van der Waals surface area contributed by atoms with Crippen molar-refractivity contribution in [2.75, 3.05) is 24.9 Å². The lowest BCUT2D eigenvalue weighted by molar-refractivity contribution is -0.140. The number of carbonyl (C=O) groups is 2. The van der Waals surface area contributed by atoms with Crippen molar-refractivity contribution in [2.45, 2.75) is 50.7 Å². The van der Waals surface area contributed by atoms with E-state index in [0.717, 1.165) is 56.0 Å². The first-order chi connectivity index (χ1) is 20.1. The Hall–Kier alpha value is -3.28. The van der Waals surface area contributed by atoms with Crippen LogP contribution in [-0.2, 0) is 32.8 Å². The van der Waals surface area contributed by atoms with Gasteiger partial charge in [-0.25, -0.2) is 8.70 Å². The van der Waals surface area contributed by atoms with Crippen LogP contribution in [0.15, 0.2) is 83.3 Å². The lowest BCUT2D eigenvalue weighted by atomic mass is 10.0. The molecule has 0 bridgehead atoms. The summed E-state index contributed by atoms with van der Waals surface area (Å²) in [6.07, 6.45) is 4.00. The molecule has 1 aliphatic rings. The highest BCUT2D eigenvalue weighted by atomic mass is 79.9. The highest BCUT2D eigenvalue weighted by Gasteiger charge is 2.36. The Morgan fingerprint density at radius 3 is 2.24 bits per heavy atom. The molecular formula is C31H36BrFN4O4S. The number of hydrogen-bond donors (Lipinski definition) is 1. The molecule has 1 atom stereocenters. The molecule has 0 aliphatic heterocycles. The van der Waals surface area contributed by atoms with E-state index >= 15 is 0 Å². The van der Waals surface area contributed by atoms with Crippen LogP contribution in [-0.4, -0.2) is 62.2 Å². The first-order valence-corrected chi connectivity index (χ1v) is 16.1. The summed E-state index contributed by atoms with van der Waals surface area (Å²) >= 11 is 3.47. The lowest BCUT2D eigenvalue weighted by Crippen LogP contribution is -2.55. The van der Waals surface area contributed by atoms with Crippen LogP contribution in [0, 0.1) is 5.82 Å². The largest absolute Gasteiger partial charge is 0.352 e. The van der Waals surface area contributed by atoms with E-state index in [4.69, 9.17) is 0 Å². The molecule has 11 heteroatoms. The molecule has 8 nitrogen and oxygen atoms in total. The minimum absolute atomic E-state index is 0.0163. The summed E-state index contributed by atoms with van der Waals surface area (Å²) in [5.41, 5.74) is 1.34. The summed E-state index contributed by atoms with van der Waals surface area (Å²) in [6, 6.07) is 21.2. The van der Waals surface area contributed by atoms with Crippen molar-refractivity contribution < 1.29 is 22.4 Å². The number of anilines is 1. The van der Waals surface area contributed by atoms with E-state index in [9.17, 15) is 22.4 Å². The number of amides is 2. The Bertz CT molecular complexity index is 1480. The first-order valence-electron chi connectivity index (χ1n) is 13.9. The molecule has 3 aromatic rings. The Morgan fingerprint density at radius 2 is 1.60 bits per heavy atom. The standard InChI is InChI=1S/C31H36BrFN4O4S/c1-35(2)42(40,41)37(28-18-9-8-17-27(28)33)22-30(38)36(21-24-13-10-14-25(32)19-24)29(20-23-11-4-3-5-12-23)31(39)34-26-15-6-7-16-26/h3-5,8-14,17-19,26,29H,6-7,15-16,20-22H2,1-2H3,(H,34,39)/t29-/m0/s1. The molecule has 0 heterocycles. The molecule has 1 N–H and O–H groups in total. The average Bonchev–Trinajstić information content (AvgIpc) is 3.47. The molecule has 224 valence electrons. The molecule has 4 rings (SSSR count). The molecule has 1 saturated carbocycles. The summed E-state index contributed by atoms with van der Waals surface area (Å²) in [7, 11) is -1.64. The van der Waals surface area contributed by atoms with Gasteiger partial charge in [0.1, 0.15) is 18.4 Å². The number of nitrogens with one attached hydrogen (secondary N) is 1. The lowest BCUT2D eigenvalue weighted by Gasteiger charge is -2.35. The van der Waals surface area contributed by atoms with E-state index in [0.29, 0.717) is 0 Å². The fourth-order valence-corrected chi connectivity index (χ4v) is 6.62. The number of rotatable bonds is 12. The molecule has 42 heavy (non-hydrogen) atoms. The van der Waals surface area contributed by atoms with Gasteiger partial charge in [0.25, 0.3) is 0 Å². The maximum Gasteiger partial charge on any atom is 0.304 e. The van der Waals surface area contributed by atoms with Crippen LogP contribution < -0.4 is 9.62 Å². The molecule has 0 saturated heterocycles. The molecule has 1 fully saturated rings. The van der Waals surface area contributed by atoms with Gasteiger partial charge in [0.2, 0.25) is 11.8 Å². The van der Waals surface area contributed by atoms with Crippen LogP contribution in [0.1, 0.15) is 36.8 Å². The monoisotopic (exact) mass is 658 g/mol. The van der Waals surface area contributed by atoms with Crippen LogP contribution in [0.3, 0.4) is 0 Å². The Kier molecular flexibility index (Phi) is 10.7. The maximum absolute atomic E-state index is 15.0. The van der Waals surface area contributed by atoms with E-state index in [1.807, 2.05) is 54.6 Å². The van der Waals surface area contributed by atoms with E-state index in [1.54, 1.807) is 0 Å². The second-order valence-electron chi connectivity index (χ2n) is 10.6. The Balaban J connectivity index is 1.76. The average molecular weight is 660 g/mol. The van der Waals surface area contributed by atoms with Crippen LogP contribution in [0.5, 0.6) is 0 Å². The minimum atomic E-state index is -4.28. The summed E-state index contributed by atoms with van der Waals surface area (Å²) < 4.78 is 44.2. The predicted octanol–water partition coefficient (Wildman–Crippen LogP) is 4.90. The third-order valence-corrected chi connectivity index (χ3v) is 9.65. The fraction of sp³-hybridized carbons (Fsp3) is 0.355. The van der Waals surface area contributed by atoms with Gasteiger partial charge < -0.3 is 10.2 Å². The Morgan fingerprint density at radius 1 is 0.952 bits per heavy atom. The van der Waals surface area contributed by atoms with Gasteiger partial charge in [0, 0.05) is 37.6 Å². The zero-order valence-corrected chi connectivity index (χ0v) is 26.2. The van der Waals surface area contributed by atoms with Gasteiger partial charge in [0.05, 0.1) is 5.69 Å². The number of benzene rings is 3. The molecule has 0 radical (unpaired) electrons.